The Hall–Kier alpha value is -2.28. The molecule has 0 unspecified atom stereocenters. The number of hydrogen-bond acceptors (Lipinski definition) is 5. The monoisotopic (exact) mass is 408 g/mol. The van der Waals surface area contributed by atoms with Gasteiger partial charge in [0.05, 0.1) is 22.8 Å². The molecule has 29 heavy (non-hydrogen) atoms. The minimum Gasteiger partial charge on any atom is -0.354 e. The van der Waals surface area contributed by atoms with Crippen molar-refractivity contribution in [1.29, 1.82) is 0 Å². The number of benzene rings is 2. The van der Waals surface area contributed by atoms with Crippen LogP contribution >= 0.6 is 11.3 Å². The van der Waals surface area contributed by atoms with Crippen molar-refractivity contribution < 1.29 is 4.79 Å². The molecular formula is C23H28N4OS. The summed E-state index contributed by atoms with van der Waals surface area (Å²) < 4.78 is 1.25. The summed E-state index contributed by atoms with van der Waals surface area (Å²) in [7, 11) is 0. The molecule has 0 saturated carbocycles. The van der Waals surface area contributed by atoms with E-state index in [1.807, 2.05) is 31.2 Å². The summed E-state index contributed by atoms with van der Waals surface area (Å²) in [5.41, 5.74) is 2.34. The molecule has 5 nitrogen and oxygen atoms in total. The van der Waals surface area contributed by atoms with Gasteiger partial charge in [0, 0.05) is 32.7 Å². The molecule has 1 aliphatic heterocycles. The van der Waals surface area contributed by atoms with Crippen LogP contribution in [0, 0.1) is 0 Å². The first-order valence-corrected chi connectivity index (χ1v) is 11.1. The summed E-state index contributed by atoms with van der Waals surface area (Å²) in [6.45, 7) is 7.36. The van der Waals surface area contributed by atoms with E-state index in [9.17, 15) is 4.79 Å². The number of carbonyl (C=O) groups excluding carboxylic acids is 1. The van der Waals surface area contributed by atoms with Crippen LogP contribution in [0.25, 0.3) is 10.2 Å². The number of nitrogens with one attached hydrogen (secondary N) is 1. The lowest BCUT2D eigenvalue weighted by Gasteiger charge is -2.37. The van der Waals surface area contributed by atoms with Crippen LogP contribution in [0.3, 0.4) is 0 Å². The number of rotatable bonds is 7. The minimum absolute atomic E-state index is 0.0876. The standard InChI is InChI=1S/C23H28N4OS/c1-18(23(28)24-12-11-19-7-3-2-4-8-19)27-15-13-26(14-16-27)17-22-25-20-9-5-6-10-21(20)29-22/h2-10,18H,11-17H2,1H3,(H,24,28)/t18-/m1/s1. The van der Waals surface area contributed by atoms with Crippen molar-refractivity contribution in [2.75, 3.05) is 32.7 Å². The van der Waals surface area contributed by atoms with Crippen LogP contribution in [-0.4, -0.2) is 59.5 Å². The molecule has 3 aromatic rings. The van der Waals surface area contributed by atoms with Gasteiger partial charge in [-0.2, -0.15) is 0 Å². The number of hydrogen-bond donors (Lipinski definition) is 1. The second-order valence-corrected chi connectivity index (χ2v) is 8.71. The van der Waals surface area contributed by atoms with Crippen molar-refractivity contribution >= 4 is 27.5 Å². The van der Waals surface area contributed by atoms with Crippen molar-refractivity contribution in [2.45, 2.75) is 25.9 Å². The molecule has 1 N–H and O–H groups in total. The normalized spacial score (nSPS) is 16.7. The Kier molecular flexibility index (Phi) is 6.54. The second kappa shape index (κ2) is 9.48. The number of carbonyl (C=O) groups is 1. The molecule has 2 aromatic carbocycles. The molecular weight excluding hydrogens is 380 g/mol. The van der Waals surface area contributed by atoms with Crippen LogP contribution in [0.4, 0.5) is 0 Å². The lowest BCUT2D eigenvalue weighted by molar-refractivity contribution is -0.126. The van der Waals surface area contributed by atoms with Gasteiger partial charge in [0.15, 0.2) is 0 Å². The van der Waals surface area contributed by atoms with Crippen molar-refractivity contribution in [2.24, 2.45) is 0 Å². The third kappa shape index (κ3) is 5.21. The highest BCUT2D eigenvalue weighted by Gasteiger charge is 2.25. The smallest absolute Gasteiger partial charge is 0.237 e. The fourth-order valence-corrected chi connectivity index (χ4v) is 4.79. The molecule has 1 saturated heterocycles. The number of nitrogens with zero attached hydrogens (tertiary/aromatic N) is 3. The zero-order valence-corrected chi connectivity index (χ0v) is 17.7. The molecule has 1 amide bonds. The lowest BCUT2D eigenvalue weighted by atomic mass is 10.1. The molecule has 1 atom stereocenters. The number of piperazine rings is 1. The number of para-hydroxylation sites is 1. The zero-order chi connectivity index (χ0) is 20.1. The summed E-state index contributed by atoms with van der Waals surface area (Å²) in [5.74, 6) is 0.126. The first-order valence-electron chi connectivity index (χ1n) is 10.3. The SMILES string of the molecule is C[C@H](C(=O)NCCc1ccccc1)N1CCN(Cc2nc3ccccc3s2)CC1. The lowest BCUT2D eigenvalue weighted by Crippen LogP contribution is -2.53. The molecule has 0 bridgehead atoms. The van der Waals surface area contributed by atoms with E-state index >= 15 is 0 Å². The van der Waals surface area contributed by atoms with Gasteiger partial charge < -0.3 is 5.32 Å². The van der Waals surface area contributed by atoms with Gasteiger partial charge in [-0.25, -0.2) is 4.98 Å². The van der Waals surface area contributed by atoms with Crippen LogP contribution in [0.2, 0.25) is 0 Å². The van der Waals surface area contributed by atoms with E-state index in [4.69, 9.17) is 4.98 Å². The molecule has 0 radical (unpaired) electrons. The molecule has 1 aromatic heterocycles. The zero-order valence-electron chi connectivity index (χ0n) is 16.9. The molecule has 0 spiro atoms. The predicted octanol–water partition coefficient (Wildman–Crippen LogP) is 3.16. The summed E-state index contributed by atoms with van der Waals surface area (Å²) >= 11 is 1.78. The van der Waals surface area contributed by atoms with E-state index in [0.717, 1.165) is 44.7 Å². The van der Waals surface area contributed by atoms with Gasteiger partial charge >= 0.3 is 0 Å². The Labute approximate surface area is 176 Å². The highest BCUT2D eigenvalue weighted by atomic mass is 32.1. The second-order valence-electron chi connectivity index (χ2n) is 7.59. The summed E-state index contributed by atoms with van der Waals surface area (Å²) in [6.07, 6.45) is 0.870. The maximum atomic E-state index is 12.5. The van der Waals surface area contributed by atoms with Crippen LogP contribution in [-0.2, 0) is 17.8 Å². The fraction of sp³-hybridized carbons (Fsp3) is 0.391. The van der Waals surface area contributed by atoms with Crippen molar-refractivity contribution in [3.8, 4) is 0 Å². The summed E-state index contributed by atoms with van der Waals surface area (Å²) in [6, 6.07) is 18.5. The highest BCUT2D eigenvalue weighted by Crippen LogP contribution is 2.23. The highest BCUT2D eigenvalue weighted by molar-refractivity contribution is 7.18. The van der Waals surface area contributed by atoms with Gasteiger partial charge in [-0.1, -0.05) is 42.5 Å². The van der Waals surface area contributed by atoms with Crippen LogP contribution < -0.4 is 5.32 Å². The van der Waals surface area contributed by atoms with Gasteiger partial charge in [-0.05, 0) is 31.0 Å². The first kappa shape index (κ1) is 20.0. The summed E-state index contributed by atoms with van der Waals surface area (Å²) in [5, 5.41) is 4.26. The van der Waals surface area contributed by atoms with Crippen molar-refractivity contribution in [1.82, 2.24) is 20.1 Å². The molecule has 0 aliphatic carbocycles. The number of thiazole rings is 1. The van der Waals surface area contributed by atoms with Gasteiger partial charge in [-0.15, -0.1) is 11.3 Å². The van der Waals surface area contributed by atoms with Crippen molar-refractivity contribution in [3.63, 3.8) is 0 Å². The Morgan fingerprint density at radius 2 is 1.79 bits per heavy atom. The number of fused-ring (bicyclic) bond motifs is 1. The van der Waals surface area contributed by atoms with E-state index in [1.165, 1.54) is 15.3 Å². The molecule has 2 heterocycles. The maximum absolute atomic E-state index is 12.5. The van der Waals surface area contributed by atoms with E-state index in [-0.39, 0.29) is 11.9 Å². The Morgan fingerprint density at radius 3 is 2.55 bits per heavy atom. The summed E-state index contributed by atoms with van der Waals surface area (Å²) in [4.78, 5) is 22.0. The van der Waals surface area contributed by atoms with Gasteiger partial charge in [-0.3, -0.25) is 14.6 Å². The van der Waals surface area contributed by atoms with E-state index in [2.05, 4.69) is 45.4 Å². The van der Waals surface area contributed by atoms with Gasteiger partial charge in [0.25, 0.3) is 0 Å². The third-order valence-electron chi connectivity index (χ3n) is 5.59. The average molecular weight is 409 g/mol. The van der Waals surface area contributed by atoms with Crippen molar-refractivity contribution in [3.05, 3.63) is 65.2 Å². The minimum atomic E-state index is -0.0876. The quantitative estimate of drug-likeness (QED) is 0.652. The van der Waals surface area contributed by atoms with Crippen LogP contribution in [0.1, 0.15) is 17.5 Å². The average Bonchev–Trinajstić information content (AvgIpc) is 3.17. The maximum Gasteiger partial charge on any atom is 0.237 e. The van der Waals surface area contributed by atoms with Crippen LogP contribution in [0.5, 0.6) is 0 Å². The molecule has 4 rings (SSSR count). The Balaban J connectivity index is 1.21. The topological polar surface area (TPSA) is 48.5 Å². The Morgan fingerprint density at radius 1 is 1.07 bits per heavy atom. The molecule has 152 valence electrons. The van der Waals surface area contributed by atoms with Gasteiger partial charge in [0.2, 0.25) is 5.91 Å². The molecule has 1 aliphatic rings. The first-order chi connectivity index (χ1) is 14.2. The van der Waals surface area contributed by atoms with Gasteiger partial charge in [0.1, 0.15) is 5.01 Å². The number of amides is 1. The molecule has 1 fully saturated rings. The predicted molar refractivity (Wildman–Crippen MR) is 119 cm³/mol. The fourth-order valence-electron chi connectivity index (χ4n) is 3.78. The molecule has 6 heteroatoms. The van der Waals surface area contributed by atoms with E-state index < -0.39 is 0 Å². The Bertz CT molecular complexity index is 901. The number of aromatic nitrogens is 1. The third-order valence-corrected chi connectivity index (χ3v) is 6.61. The van der Waals surface area contributed by atoms with E-state index in [1.54, 1.807) is 11.3 Å². The van der Waals surface area contributed by atoms with E-state index in [0.29, 0.717) is 6.54 Å². The van der Waals surface area contributed by atoms with Crippen LogP contribution in [0.15, 0.2) is 54.6 Å². The largest absolute Gasteiger partial charge is 0.354 e.